The van der Waals surface area contributed by atoms with Crippen LogP contribution in [0.3, 0.4) is 0 Å². The van der Waals surface area contributed by atoms with Crippen molar-refractivity contribution in [3.63, 3.8) is 0 Å². The fraction of sp³-hybridized carbons (Fsp3) is 0.500. The second kappa shape index (κ2) is 5.06. The van der Waals surface area contributed by atoms with Crippen LogP contribution in [0.5, 0.6) is 0 Å². The average Bonchev–Trinajstić information content (AvgIpc) is 2.68. The van der Waals surface area contributed by atoms with Crippen molar-refractivity contribution in [2.24, 2.45) is 11.7 Å². The molecule has 18 heavy (non-hydrogen) atoms. The Hall–Kier alpha value is -1.42. The highest BCUT2D eigenvalue weighted by Gasteiger charge is 2.16. The van der Waals surface area contributed by atoms with Crippen LogP contribution in [-0.2, 0) is 6.42 Å². The fourth-order valence-electron chi connectivity index (χ4n) is 2.25. The number of rotatable bonds is 4. The molecule has 2 N–H and O–H groups in total. The van der Waals surface area contributed by atoms with Crippen LogP contribution in [0.25, 0.3) is 11.0 Å². The molecule has 0 aliphatic carbocycles. The lowest BCUT2D eigenvalue weighted by molar-refractivity contribution is 0.521. The van der Waals surface area contributed by atoms with Crippen LogP contribution >= 0.6 is 0 Å². The van der Waals surface area contributed by atoms with Gasteiger partial charge in [-0.1, -0.05) is 13.0 Å². The predicted octanol–water partition coefficient (Wildman–Crippen LogP) is 2.89. The maximum atomic E-state index is 13.8. The van der Waals surface area contributed by atoms with Gasteiger partial charge in [-0.3, -0.25) is 0 Å². The van der Waals surface area contributed by atoms with Gasteiger partial charge in [-0.25, -0.2) is 9.37 Å². The number of benzene rings is 1. The highest BCUT2D eigenvalue weighted by atomic mass is 19.1. The van der Waals surface area contributed by atoms with E-state index in [1.807, 2.05) is 6.07 Å². The summed E-state index contributed by atoms with van der Waals surface area (Å²) in [6.07, 6.45) is 0.781. The second-order valence-corrected chi connectivity index (χ2v) is 5.14. The number of imidazole rings is 1. The van der Waals surface area contributed by atoms with Gasteiger partial charge in [-0.2, -0.15) is 0 Å². The van der Waals surface area contributed by atoms with Crippen molar-refractivity contribution in [2.45, 2.75) is 33.2 Å². The summed E-state index contributed by atoms with van der Waals surface area (Å²) in [6.45, 7) is 6.87. The van der Waals surface area contributed by atoms with E-state index in [2.05, 4.69) is 30.3 Å². The standard InChI is InChI=1S/C14H20FN3/c1-9(2)18-12-6-4-5-11(15)14(12)17-13(18)7-10(3)8-16/h4-6,9-10H,7-8,16H2,1-3H3. The van der Waals surface area contributed by atoms with E-state index in [-0.39, 0.29) is 11.9 Å². The lowest BCUT2D eigenvalue weighted by atomic mass is 10.1. The van der Waals surface area contributed by atoms with Crippen molar-refractivity contribution in [1.29, 1.82) is 0 Å². The molecule has 0 spiro atoms. The molecule has 98 valence electrons. The average molecular weight is 249 g/mol. The Labute approximate surface area is 107 Å². The maximum Gasteiger partial charge on any atom is 0.151 e. The van der Waals surface area contributed by atoms with E-state index in [0.29, 0.717) is 18.0 Å². The van der Waals surface area contributed by atoms with Crippen LogP contribution in [0.4, 0.5) is 4.39 Å². The summed E-state index contributed by atoms with van der Waals surface area (Å²) in [5.41, 5.74) is 6.99. The van der Waals surface area contributed by atoms with Gasteiger partial charge in [0.1, 0.15) is 11.3 Å². The van der Waals surface area contributed by atoms with E-state index < -0.39 is 0 Å². The van der Waals surface area contributed by atoms with Crippen molar-refractivity contribution in [3.05, 3.63) is 29.8 Å². The predicted molar refractivity (Wildman–Crippen MR) is 72.0 cm³/mol. The molecule has 0 aliphatic heterocycles. The SMILES string of the molecule is CC(CN)Cc1nc2c(F)cccc2n1C(C)C. The molecule has 0 amide bonds. The Bertz CT molecular complexity index is 545. The maximum absolute atomic E-state index is 13.8. The minimum atomic E-state index is -0.256. The quantitative estimate of drug-likeness (QED) is 0.905. The molecule has 0 saturated carbocycles. The first-order chi connectivity index (χ1) is 8.54. The van der Waals surface area contributed by atoms with E-state index >= 15 is 0 Å². The molecule has 0 bridgehead atoms. The highest BCUT2D eigenvalue weighted by Crippen LogP contribution is 2.24. The van der Waals surface area contributed by atoms with Gasteiger partial charge >= 0.3 is 0 Å². The van der Waals surface area contributed by atoms with Gasteiger partial charge in [0.05, 0.1) is 5.52 Å². The summed E-state index contributed by atoms with van der Waals surface area (Å²) in [5, 5.41) is 0. The van der Waals surface area contributed by atoms with Crippen LogP contribution in [0.2, 0.25) is 0 Å². The number of aromatic nitrogens is 2. The third kappa shape index (κ3) is 2.25. The molecule has 1 unspecified atom stereocenters. The molecule has 1 atom stereocenters. The molecule has 1 aromatic heterocycles. The van der Waals surface area contributed by atoms with Gasteiger partial charge in [0.25, 0.3) is 0 Å². The third-order valence-corrected chi connectivity index (χ3v) is 3.19. The van der Waals surface area contributed by atoms with E-state index in [9.17, 15) is 4.39 Å². The van der Waals surface area contributed by atoms with Gasteiger partial charge in [0, 0.05) is 12.5 Å². The van der Waals surface area contributed by atoms with Crippen molar-refractivity contribution < 1.29 is 4.39 Å². The molecule has 1 aromatic carbocycles. The molecule has 0 aliphatic rings. The van der Waals surface area contributed by atoms with E-state index in [4.69, 9.17) is 5.73 Å². The zero-order valence-corrected chi connectivity index (χ0v) is 11.2. The number of nitrogens with two attached hydrogens (primary N) is 1. The number of halogens is 1. The minimum Gasteiger partial charge on any atom is -0.330 e. The van der Waals surface area contributed by atoms with Crippen LogP contribution in [0.15, 0.2) is 18.2 Å². The zero-order valence-electron chi connectivity index (χ0n) is 11.2. The number of para-hydroxylation sites is 1. The Morgan fingerprint density at radius 2 is 2.06 bits per heavy atom. The normalized spacial score (nSPS) is 13.4. The van der Waals surface area contributed by atoms with Crippen molar-refractivity contribution >= 4 is 11.0 Å². The molecule has 1 heterocycles. The first kappa shape index (κ1) is 13.0. The molecule has 2 aromatic rings. The minimum absolute atomic E-state index is 0.256. The summed E-state index contributed by atoms with van der Waals surface area (Å²) in [6, 6.07) is 5.36. The summed E-state index contributed by atoms with van der Waals surface area (Å²) in [7, 11) is 0. The van der Waals surface area contributed by atoms with Gasteiger partial charge in [-0.15, -0.1) is 0 Å². The molecule has 4 heteroatoms. The summed E-state index contributed by atoms with van der Waals surface area (Å²) in [4.78, 5) is 4.45. The van der Waals surface area contributed by atoms with Crippen molar-refractivity contribution in [2.75, 3.05) is 6.54 Å². The third-order valence-electron chi connectivity index (χ3n) is 3.19. The smallest absolute Gasteiger partial charge is 0.151 e. The van der Waals surface area contributed by atoms with E-state index in [1.54, 1.807) is 6.07 Å². The van der Waals surface area contributed by atoms with Crippen LogP contribution < -0.4 is 5.73 Å². The number of hydrogen-bond donors (Lipinski definition) is 1. The molecule has 2 rings (SSSR count). The van der Waals surface area contributed by atoms with E-state index in [0.717, 1.165) is 17.8 Å². The van der Waals surface area contributed by atoms with Gasteiger partial charge < -0.3 is 10.3 Å². The Balaban J connectivity index is 2.58. The number of nitrogens with zero attached hydrogens (tertiary/aromatic N) is 2. The van der Waals surface area contributed by atoms with E-state index in [1.165, 1.54) is 6.07 Å². The number of hydrogen-bond acceptors (Lipinski definition) is 2. The fourth-order valence-corrected chi connectivity index (χ4v) is 2.25. The summed E-state index contributed by atoms with van der Waals surface area (Å²) < 4.78 is 15.9. The zero-order chi connectivity index (χ0) is 13.3. The topological polar surface area (TPSA) is 43.8 Å². The molecule has 0 radical (unpaired) electrons. The van der Waals surface area contributed by atoms with Gasteiger partial charge in [-0.05, 0) is 38.4 Å². The largest absolute Gasteiger partial charge is 0.330 e. The lowest BCUT2D eigenvalue weighted by Crippen LogP contribution is -2.16. The lowest BCUT2D eigenvalue weighted by Gasteiger charge is -2.15. The Kier molecular flexibility index (Phi) is 3.66. The first-order valence-electron chi connectivity index (χ1n) is 6.40. The monoisotopic (exact) mass is 249 g/mol. The van der Waals surface area contributed by atoms with Crippen LogP contribution in [0, 0.1) is 11.7 Å². The summed E-state index contributed by atoms with van der Waals surface area (Å²) in [5.74, 6) is 1.01. The van der Waals surface area contributed by atoms with Gasteiger partial charge in [0.15, 0.2) is 5.82 Å². The number of fused-ring (bicyclic) bond motifs is 1. The second-order valence-electron chi connectivity index (χ2n) is 5.14. The van der Waals surface area contributed by atoms with Crippen LogP contribution in [-0.4, -0.2) is 16.1 Å². The molecular weight excluding hydrogens is 229 g/mol. The Morgan fingerprint density at radius 1 is 1.33 bits per heavy atom. The molecular formula is C14H20FN3. The molecule has 0 saturated heterocycles. The van der Waals surface area contributed by atoms with Gasteiger partial charge in [0.2, 0.25) is 0 Å². The highest BCUT2D eigenvalue weighted by molar-refractivity contribution is 5.76. The Morgan fingerprint density at radius 3 is 2.67 bits per heavy atom. The first-order valence-corrected chi connectivity index (χ1v) is 6.40. The molecule has 3 nitrogen and oxygen atoms in total. The molecule has 0 fully saturated rings. The summed E-state index contributed by atoms with van der Waals surface area (Å²) >= 11 is 0. The van der Waals surface area contributed by atoms with Crippen molar-refractivity contribution in [3.8, 4) is 0 Å². The van der Waals surface area contributed by atoms with Crippen LogP contribution in [0.1, 0.15) is 32.6 Å². The van der Waals surface area contributed by atoms with Crippen molar-refractivity contribution in [1.82, 2.24) is 9.55 Å².